The molecule has 0 atom stereocenters. The number of aryl methyl sites for hydroxylation is 2. The molecule has 6 aromatic carbocycles. The molecule has 0 aliphatic rings. The van der Waals surface area contributed by atoms with Gasteiger partial charge in [-0.25, -0.2) is 0 Å². The molecule has 236 valence electrons. The number of benzene rings is 4. The van der Waals surface area contributed by atoms with Gasteiger partial charge in [-0.05, 0) is 45.9 Å². The van der Waals surface area contributed by atoms with E-state index in [0.717, 1.165) is 19.3 Å². The molecule has 0 unspecified atom stereocenters. The fraction of sp³-hybridized carbons (Fsp3) is 0.302. The second-order valence-electron chi connectivity index (χ2n) is 14.4. The van der Waals surface area contributed by atoms with Crippen molar-refractivity contribution >= 4 is 21.5 Å². The minimum Gasteiger partial charge on any atom is -1.00 e. The summed E-state index contributed by atoms with van der Waals surface area (Å²) in [6.07, 6.45) is 3.02. The van der Waals surface area contributed by atoms with Crippen molar-refractivity contribution < 1.29 is 51.0 Å². The molecule has 0 aliphatic carbocycles. The van der Waals surface area contributed by atoms with Gasteiger partial charge >= 0.3 is 26.2 Å². The minimum atomic E-state index is 0. The molecule has 0 N–H and O–H groups in total. The predicted molar refractivity (Wildman–Crippen MR) is 189 cm³/mol. The molecule has 6 aromatic rings. The number of hydrogen-bond donors (Lipinski definition) is 0. The van der Waals surface area contributed by atoms with Crippen LogP contribution in [0.3, 0.4) is 0 Å². The third-order valence-electron chi connectivity index (χ3n) is 9.47. The zero-order chi connectivity index (χ0) is 30.5. The van der Waals surface area contributed by atoms with Crippen molar-refractivity contribution in [2.24, 2.45) is 0 Å². The van der Waals surface area contributed by atoms with Crippen LogP contribution in [0.1, 0.15) is 88.8 Å². The zero-order valence-corrected chi connectivity index (χ0v) is 32.6. The Bertz CT molecular complexity index is 1760. The maximum Gasteiger partial charge on any atom is 4.00 e. The molecular weight excluding hydrogens is 679 g/mol. The Balaban J connectivity index is 0.00000192. The van der Waals surface area contributed by atoms with Gasteiger partial charge in [0.05, 0.1) is 0 Å². The summed E-state index contributed by atoms with van der Waals surface area (Å²) in [7, 11) is 0. The molecule has 0 radical (unpaired) electrons. The molecule has 0 nitrogen and oxygen atoms in total. The Morgan fingerprint density at radius 1 is 0.500 bits per heavy atom. The summed E-state index contributed by atoms with van der Waals surface area (Å²) in [6, 6.07) is 37.2. The first-order valence-corrected chi connectivity index (χ1v) is 16.1. The Labute approximate surface area is 308 Å². The van der Waals surface area contributed by atoms with E-state index in [1.54, 1.807) is 0 Å². The number of halogens is 2. The Hall–Kier alpha value is -2.44. The van der Waals surface area contributed by atoms with E-state index in [-0.39, 0.29) is 61.8 Å². The van der Waals surface area contributed by atoms with Crippen molar-refractivity contribution in [2.75, 3.05) is 0 Å². The van der Waals surface area contributed by atoms with Crippen LogP contribution in [-0.2, 0) is 56.3 Å². The van der Waals surface area contributed by atoms with Gasteiger partial charge in [-0.15, -0.1) is 69.1 Å². The van der Waals surface area contributed by atoms with Gasteiger partial charge in [-0.1, -0.05) is 134 Å². The molecule has 0 spiro atoms. The molecule has 3 heteroatoms. The Kier molecular flexibility index (Phi) is 12.2. The van der Waals surface area contributed by atoms with Crippen LogP contribution >= 0.6 is 0 Å². The summed E-state index contributed by atoms with van der Waals surface area (Å²) in [5.74, 6) is 0. The molecule has 0 heterocycles. The second kappa shape index (κ2) is 14.8. The second-order valence-corrected chi connectivity index (χ2v) is 14.4. The summed E-state index contributed by atoms with van der Waals surface area (Å²) in [4.78, 5) is 0. The van der Waals surface area contributed by atoms with E-state index >= 15 is 0 Å². The van der Waals surface area contributed by atoms with Crippen LogP contribution in [0.25, 0.3) is 43.8 Å². The van der Waals surface area contributed by atoms with Crippen LogP contribution < -0.4 is 24.8 Å². The zero-order valence-electron chi connectivity index (χ0n) is 28.6. The third-order valence-corrected chi connectivity index (χ3v) is 9.47. The number of hydrogen-bond acceptors (Lipinski definition) is 0. The maximum absolute atomic E-state index is 2.45. The molecule has 0 bridgehead atoms. The third kappa shape index (κ3) is 7.18. The Morgan fingerprint density at radius 2 is 0.848 bits per heavy atom. The maximum atomic E-state index is 2.45. The molecule has 0 aliphatic heterocycles. The van der Waals surface area contributed by atoms with Crippen molar-refractivity contribution in [3.63, 3.8) is 0 Å². The van der Waals surface area contributed by atoms with E-state index in [2.05, 4.69) is 152 Å². The summed E-state index contributed by atoms with van der Waals surface area (Å²) < 4.78 is 0. The van der Waals surface area contributed by atoms with Crippen molar-refractivity contribution in [3.8, 4) is 22.3 Å². The van der Waals surface area contributed by atoms with E-state index in [1.807, 2.05) is 0 Å². The molecule has 0 amide bonds. The number of fused-ring (bicyclic) bond motifs is 2. The molecule has 0 fully saturated rings. The summed E-state index contributed by atoms with van der Waals surface area (Å²) in [5.41, 5.74) is 14.3. The Morgan fingerprint density at radius 3 is 1.15 bits per heavy atom. The van der Waals surface area contributed by atoms with Gasteiger partial charge in [0.2, 0.25) is 0 Å². The quantitative estimate of drug-likeness (QED) is 0.183. The van der Waals surface area contributed by atoms with Crippen LogP contribution in [0.5, 0.6) is 0 Å². The summed E-state index contributed by atoms with van der Waals surface area (Å²) in [5, 5.41) is 5.56. The van der Waals surface area contributed by atoms with E-state index < -0.39 is 0 Å². The molecule has 6 rings (SSSR count). The summed E-state index contributed by atoms with van der Waals surface area (Å²) >= 11 is 0. The summed E-state index contributed by atoms with van der Waals surface area (Å²) in [6.45, 7) is 18.3. The van der Waals surface area contributed by atoms with Crippen LogP contribution in [0.4, 0.5) is 0 Å². The molecule has 0 saturated heterocycles. The first-order valence-electron chi connectivity index (χ1n) is 16.1. The van der Waals surface area contributed by atoms with E-state index in [1.165, 1.54) is 77.2 Å². The van der Waals surface area contributed by atoms with Crippen LogP contribution in [0, 0.1) is 0 Å². The topological polar surface area (TPSA) is 0 Å². The normalized spacial score (nSPS) is 11.7. The van der Waals surface area contributed by atoms with Gasteiger partial charge in [-0.2, -0.15) is 11.1 Å². The fourth-order valence-corrected chi connectivity index (χ4v) is 6.92. The SMILES string of the molecule is CCc1[cH-]c2cccc(-c3ccc(C(C)(C)C)cc3)c2c1Cc1c(CC)[cH-]c2cccc(-c3ccc(C(C)(C)C)cc3)c12.[Cl-].[Cl-].[Zr+4]. The first-order chi connectivity index (χ1) is 20.5. The smallest absolute Gasteiger partial charge is 1.00 e. The average Bonchev–Trinajstić information content (AvgIpc) is 3.54. The fourth-order valence-electron chi connectivity index (χ4n) is 6.92. The van der Waals surface area contributed by atoms with Gasteiger partial charge in [0.25, 0.3) is 0 Å². The van der Waals surface area contributed by atoms with Gasteiger partial charge in [-0.3, -0.25) is 0 Å². The van der Waals surface area contributed by atoms with E-state index in [9.17, 15) is 0 Å². The average molecular weight is 725 g/mol. The van der Waals surface area contributed by atoms with Crippen LogP contribution in [0.15, 0.2) is 97.1 Å². The van der Waals surface area contributed by atoms with Gasteiger partial charge in [0.15, 0.2) is 0 Å². The minimum absolute atomic E-state index is 0. The molecule has 0 aromatic heterocycles. The van der Waals surface area contributed by atoms with E-state index in [0.29, 0.717) is 0 Å². The van der Waals surface area contributed by atoms with E-state index in [4.69, 9.17) is 0 Å². The van der Waals surface area contributed by atoms with Crippen LogP contribution in [-0.4, -0.2) is 0 Å². The molecule has 0 saturated carbocycles. The molecular formula is C43H46Cl2Zr. The van der Waals surface area contributed by atoms with Crippen molar-refractivity contribution in [1.82, 2.24) is 0 Å². The largest absolute Gasteiger partial charge is 4.00 e. The first kappa shape index (κ1) is 38.0. The van der Waals surface area contributed by atoms with Crippen LogP contribution in [0.2, 0.25) is 0 Å². The van der Waals surface area contributed by atoms with Gasteiger partial charge in [0.1, 0.15) is 0 Å². The van der Waals surface area contributed by atoms with Gasteiger partial charge < -0.3 is 24.8 Å². The number of rotatable bonds is 6. The standard InChI is InChI=1S/C43H46.2ClH.Zr/c1-9-28-25-32-13-11-15-36(30-17-21-34(22-18-30)42(3,4)5)40(32)38(28)27-39-29(10-2)26-33-14-12-16-37(41(33)39)31-19-23-35(24-20-31)43(6,7)8;;;/h11-26H,9-10,27H2,1-8H3;2*1H;/q-2;;;+4/p-2. The van der Waals surface area contributed by atoms with Crippen molar-refractivity contribution in [1.29, 1.82) is 0 Å². The van der Waals surface area contributed by atoms with Crippen molar-refractivity contribution in [3.05, 3.63) is 130 Å². The predicted octanol–water partition coefficient (Wildman–Crippen LogP) is 6.08. The monoisotopic (exact) mass is 722 g/mol. The van der Waals surface area contributed by atoms with Crippen molar-refractivity contribution in [2.45, 2.75) is 85.5 Å². The molecule has 46 heavy (non-hydrogen) atoms. The van der Waals surface area contributed by atoms with Gasteiger partial charge in [0, 0.05) is 0 Å².